The second kappa shape index (κ2) is 8.33. The molecule has 0 unspecified atom stereocenters. The Labute approximate surface area is 179 Å². The third-order valence-corrected chi connectivity index (χ3v) is 6.01. The highest BCUT2D eigenvalue weighted by Crippen LogP contribution is 2.24. The minimum absolute atomic E-state index is 0.0269. The molecule has 2 aromatic carbocycles. The summed E-state index contributed by atoms with van der Waals surface area (Å²) in [5, 5.41) is 9.96. The zero-order chi connectivity index (χ0) is 21.3. The molecule has 2 heterocycles. The second-order valence-corrected chi connectivity index (χ2v) is 8.50. The third-order valence-electron chi connectivity index (χ3n) is 5.21. The smallest absolute Gasteiger partial charge is 0.266 e. The third kappa shape index (κ3) is 3.83. The maximum atomic E-state index is 13.4. The molecule has 0 N–H and O–H groups in total. The van der Waals surface area contributed by atoms with Crippen LogP contribution >= 0.6 is 11.8 Å². The van der Waals surface area contributed by atoms with Crippen LogP contribution in [0.4, 0.5) is 0 Å². The van der Waals surface area contributed by atoms with Crippen LogP contribution in [-0.2, 0) is 0 Å². The normalized spacial score (nSPS) is 13.6. The van der Waals surface area contributed by atoms with Crippen LogP contribution in [0.15, 0.2) is 46.3 Å². The number of hydrogen-bond donors (Lipinski definition) is 0. The van der Waals surface area contributed by atoms with Crippen LogP contribution in [-0.4, -0.2) is 39.2 Å². The summed E-state index contributed by atoms with van der Waals surface area (Å²) < 4.78 is 1.56. The van der Waals surface area contributed by atoms with Gasteiger partial charge in [-0.3, -0.25) is 14.2 Å². The highest BCUT2D eigenvalue weighted by molar-refractivity contribution is 7.99. The molecule has 4 rings (SSSR count). The summed E-state index contributed by atoms with van der Waals surface area (Å²) in [7, 11) is 0. The highest BCUT2D eigenvalue weighted by atomic mass is 32.2. The predicted molar refractivity (Wildman–Crippen MR) is 118 cm³/mol. The first-order chi connectivity index (χ1) is 14.5. The van der Waals surface area contributed by atoms with Gasteiger partial charge in [-0.1, -0.05) is 17.8 Å². The van der Waals surface area contributed by atoms with Gasteiger partial charge in [0.2, 0.25) is 0 Å². The lowest BCUT2D eigenvalue weighted by atomic mass is 10.1. The molecule has 0 saturated carbocycles. The van der Waals surface area contributed by atoms with E-state index in [9.17, 15) is 9.59 Å². The molecule has 1 aromatic heterocycles. The number of thioether (sulfide) groups is 1. The molecular weight excluding hydrogens is 396 g/mol. The molecule has 6 nitrogen and oxygen atoms in total. The first-order valence-electron chi connectivity index (χ1n) is 9.92. The van der Waals surface area contributed by atoms with Crippen LogP contribution in [0, 0.1) is 25.2 Å². The minimum atomic E-state index is -0.203. The fourth-order valence-corrected chi connectivity index (χ4v) is 4.58. The Morgan fingerprint density at radius 3 is 2.50 bits per heavy atom. The number of amides is 1. The number of benzene rings is 2. The van der Waals surface area contributed by atoms with E-state index in [0.29, 0.717) is 21.6 Å². The van der Waals surface area contributed by atoms with Gasteiger partial charge in [0.15, 0.2) is 5.16 Å². The van der Waals surface area contributed by atoms with Crippen molar-refractivity contribution < 1.29 is 4.79 Å². The molecule has 1 saturated heterocycles. The van der Waals surface area contributed by atoms with Gasteiger partial charge in [0.1, 0.15) is 0 Å². The number of aromatic nitrogens is 2. The number of fused-ring (bicyclic) bond motifs is 1. The lowest BCUT2D eigenvalue weighted by molar-refractivity contribution is 0.0793. The van der Waals surface area contributed by atoms with Crippen LogP contribution in [0.1, 0.15) is 34.3 Å². The molecule has 1 amide bonds. The van der Waals surface area contributed by atoms with Gasteiger partial charge in [0.05, 0.1) is 28.4 Å². The first-order valence-corrected chi connectivity index (χ1v) is 10.9. The molecular formula is C23H22N4O2S. The van der Waals surface area contributed by atoms with Crippen LogP contribution in [0.5, 0.6) is 0 Å². The zero-order valence-corrected chi connectivity index (χ0v) is 17.8. The van der Waals surface area contributed by atoms with Gasteiger partial charge in [0.25, 0.3) is 11.5 Å². The molecule has 0 radical (unpaired) electrons. The summed E-state index contributed by atoms with van der Waals surface area (Å²) in [6.07, 6.45) is 2.04. The Kier molecular flexibility index (Phi) is 5.60. The quantitative estimate of drug-likeness (QED) is 0.475. The standard InChI is InChI=1S/C23H22N4O2S/c1-15-11-16(2)13-18(12-15)27-22(29)19-6-5-17(21(28)26-8-3-4-9-26)14-20(19)25-23(27)30-10-7-24/h5-6,11-14H,3-4,8-10H2,1-2H3. The molecule has 7 heteroatoms. The summed E-state index contributed by atoms with van der Waals surface area (Å²) in [4.78, 5) is 32.7. The van der Waals surface area contributed by atoms with Gasteiger partial charge in [0, 0.05) is 18.7 Å². The average Bonchev–Trinajstić information content (AvgIpc) is 3.25. The molecule has 30 heavy (non-hydrogen) atoms. The second-order valence-electron chi connectivity index (χ2n) is 7.56. The Morgan fingerprint density at radius 1 is 1.13 bits per heavy atom. The van der Waals surface area contributed by atoms with Crippen molar-refractivity contribution in [2.45, 2.75) is 31.8 Å². The van der Waals surface area contributed by atoms with Crippen LogP contribution in [0.2, 0.25) is 0 Å². The summed E-state index contributed by atoms with van der Waals surface area (Å²) in [5.41, 5.74) is 3.62. The number of hydrogen-bond acceptors (Lipinski definition) is 5. The molecule has 1 aliphatic heterocycles. The fourth-order valence-electron chi connectivity index (χ4n) is 3.90. The lowest BCUT2D eigenvalue weighted by Gasteiger charge is -2.16. The maximum Gasteiger partial charge on any atom is 0.266 e. The average molecular weight is 419 g/mol. The van der Waals surface area contributed by atoms with Gasteiger partial charge >= 0.3 is 0 Å². The monoisotopic (exact) mass is 418 g/mol. The van der Waals surface area contributed by atoms with Crippen LogP contribution < -0.4 is 5.56 Å². The fraction of sp³-hybridized carbons (Fsp3) is 0.304. The van der Waals surface area contributed by atoms with Gasteiger partial charge in [-0.25, -0.2) is 4.98 Å². The van der Waals surface area contributed by atoms with E-state index in [-0.39, 0.29) is 17.2 Å². The van der Waals surface area contributed by atoms with Crippen molar-refractivity contribution in [1.82, 2.24) is 14.5 Å². The number of nitrogens with zero attached hydrogens (tertiary/aromatic N) is 4. The Hall–Kier alpha value is -3.11. The number of rotatable bonds is 4. The van der Waals surface area contributed by atoms with E-state index >= 15 is 0 Å². The molecule has 1 fully saturated rings. The van der Waals surface area contributed by atoms with E-state index in [2.05, 4.69) is 11.1 Å². The molecule has 1 aliphatic rings. The van der Waals surface area contributed by atoms with Crippen molar-refractivity contribution in [2.75, 3.05) is 18.8 Å². The molecule has 0 atom stereocenters. The van der Waals surface area contributed by atoms with Gasteiger partial charge in [-0.2, -0.15) is 5.26 Å². The first kappa shape index (κ1) is 20.2. The SMILES string of the molecule is Cc1cc(C)cc(-n2c(SCC#N)nc3cc(C(=O)N4CCCC4)ccc3c2=O)c1. The van der Waals surface area contributed by atoms with Gasteiger partial charge in [-0.05, 0) is 68.1 Å². The van der Waals surface area contributed by atoms with Crippen molar-refractivity contribution in [3.63, 3.8) is 0 Å². The van der Waals surface area contributed by atoms with Crippen LogP contribution in [0.25, 0.3) is 16.6 Å². The Bertz CT molecular complexity index is 1220. The van der Waals surface area contributed by atoms with Gasteiger partial charge < -0.3 is 4.90 Å². The largest absolute Gasteiger partial charge is 0.339 e. The topological polar surface area (TPSA) is 79.0 Å². The summed E-state index contributed by atoms with van der Waals surface area (Å²) in [6, 6.07) is 13.1. The van der Waals surface area contributed by atoms with Crippen molar-refractivity contribution in [1.29, 1.82) is 5.26 Å². The number of carbonyl (C=O) groups excluding carboxylic acids is 1. The summed E-state index contributed by atoms with van der Waals surface area (Å²) >= 11 is 1.22. The van der Waals surface area contributed by atoms with E-state index in [0.717, 1.165) is 42.7 Å². The molecule has 152 valence electrons. The lowest BCUT2D eigenvalue weighted by Crippen LogP contribution is -2.28. The Balaban J connectivity index is 1.88. The number of likely N-dealkylation sites (tertiary alicyclic amines) is 1. The summed E-state index contributed by atoms with van der Waals surface area (Å²) in [5.74, 6) is 0.149. The maximum absolute atomic E-state index is 13.4. The molecule has 0 spiro atoms. The molecule has 0 aliphatic carbocycles. The number of nitriles is 1. The zero-order valence-electron chi connectivity index (χ0n) is 17.0. The molecule has 0 bridgehead atoms. The van der Waals surface area contributed by atoms with E-state index in [4.69, 9.17) is 5.26 Å². The number of carbonyl (C=O) groups is 1. The van der Waals surface area contributed by atoms with E-state index in [1.165, 1.54) is 11.8 Å². The Morgan fingerprint density at radius 2 is 1.83 bits per heavy atom. The van der Waals surface area contributed by atoms with Crippen molar-refractivity contribution in [3.8, 4) is 11.8 Å². The van der Waals surface area contributed by atoms with Crippen LogP contribution in [0.3, 0.4) is 0 Å². The highest BCUT2D eigenvalue weighted by Gasteiger charge is 2.21. The molecule has 3 aromatic rings. The van der Waals surface area contributed by atoms with Crippen molar-refractivity contribution in [3.05, 3.63) is 63.4 Å². The van der Waals surface area contributed by atoms with E-state index in [1.54, 1.807) is 22.8 Å². The predicted octanol–water partition coefficient (Wildman–Crippen LogP) is 3.85. The van der Waals surface area contributed by atoms with E-state index in [1.807, 2.05) is 36.9 Å². The summed E-state index contributed by atoms with van der Waals surface area (Å²) in [6.45, 7) is 5.49. The number of aryl methyl sites for hydroxylation is 2. The minimum Gasteiger partial charge on any atom is -0.339 e. The van der Waals surface area contributed by atoms with Crippen molar-refractivity contribution in [2.24, 2.45) is 0 Å². The van der Waals surface area contributed by atoms with Crippen molar-refractivity contribution >= 4 is 28.6 Å². The van der Waals surface area contributed by atoms with E-state index < -0.39 is 0 Å². The van der Waals surface area contributed by atoms with Gasteiger partial charge in [-0.15, -0.1) is 0 Å².